The molecule has 1 atom stereocenters. The van der Waals surface area contributed by atoms with Gasteiger partial charge in [-0.05, 0) is 39.5 Å². The molecule has 20 heavy (non-hydrogen) atoms. The third-order valence-electron chi connectivity index (χ3n) is 3.65. The number of hydrogen-bond acceptors (Lipinski definition) is 4. The number of carbonyl (C=O) groups is 2. The minimum atomic E-state index is -0.454. The van der Waals surface area contributed by atoms with Gasteiger partial charge in [-0.2, -0.15) is 0 Å². The second-order valence-corrected chi connectivity index (χ2v) is 6.46. The normalized spacial score (nSPS) is 25.2. The Kier molecular flexibility index (Phi) is 4.52. The van der Waals surface area contributed by atoms with E-state index in [2.05, 4.69) is 5.32 Å². The van der Waals surface area contributed by atoms with Crippen molar-refractivity contribution in [1.29, 1.82) is 0 Å². The van der Waals surface area contributed by atoms with Crippen LogP contribution in [-0.2, 0) is 14.3 Å². The molecule has 1 unspecified atom stereocenters. The van der Waals surface area contributed by atoms with E-state index < -0.39 is 5.60 Å². The molecule has 2 saturated heterocycles. The van der Waals surface area contributed by atoms with Crippen molar-refractivity contribution >= 4 is 12.0 Å². The van der Waals surface area contributed by atoms with Crippen molar-refractivity contribution in [2.75, 3.05) is 26.2 Å². The first-order valence-corrected chi connectivity index (χ1v) is 7.21. The van der Waals surface area contributed by atoms with E-state index in [1.54, 1.807) is 4.90 Å². The summed E-state index contributed by atoms with van der Waals surface area (Å²) < 4.78 is 10.9. The molecule has 0 aromatic heterocycles. The highest BCUT2D eigenvalue weighted by Crippen LogP contribution is 2.24. The standard InChI is InChI=1S/C14H24N2O4/c1-14(2,3)20-13(18)16-6-4-10(5-7-16)11-8-15-12(17)9-19-11/h10-11H,4-9H2,1-3H3,(H,15,17). The second-order valence-electron chi connectivity index (χ2n) is 6.46. The van der Waals surface area contributed by atoms with Gasteiger partial charge >= 0.3 is 6.09 Å². The summed E-state index contributed by atoms with van der Waals surface area (Å²) in [6.07, 6.45) is 1.61. The Balaban J connectivity index is 1.77. The number of piperidine rings is 1. The van der Waals surface area contributed by atoms with Crippen LogP contribution in [0.4, 0.5) is 4.79 Å². The highest BCUT2D eigenvalue weighted by molar-refractivity contribution is 5.77. The lowest BCUT2D eigenvalue weighted by molar-refractivity contribution is -0.136. The van der Waals surface area contributed by atoms with Crippen LogP contribution in [-0.4, -0.2) is 54.8 Å². The van der Waals surface area contributed by atoms with E-state index >= 15 is 0 Å². The Morgan fingerprint density at radius 1 is 1.35 bits per heavy atom. The van der Waals surface area contributed by atoms with Gasteiger partial charge in [-0.25, -0.2) is 4.79 Å². The van der Waals surface area contributed by atoms with Gasteiger partial charge in [-0.1, -0.05) is 0 Å². The molecule has 0 aromatic rings. The summed E-state index contributed by atoms with van der Waals surface area (Å²) in [5.74, 6) is 0.349. The largest absolute Gasteiger partial charge is 0.444 e. The molecular formula is C14H24N2O4. The van der Waals surface area contributed by atoms with Crippen molar-refractivity contribution in [1.82, 2.24) is 10.2 Å². The zero-order valence-corrected chi connectivity index (χ0v) is 12.5. The van der Waals surface area contributed by atoms with Crippen LogP contribution in [0.2, 0.25) is 0 Å². The molecule has 0 saturated carbocycles. The lowest BCUT2D eigenvalue weighted by atomic mass is 9.90. The van der Waals surface area contributed by atoms with E-state index in [0.717, 1.165) is 12.8 Å². The van der Waals surface area contributed by atoms with Crippen molar-refractivity contribution in [3.05, 3.63) is 0 Å². The molecule has 2 fully saturated rings. The summed E-state index contributed by atoms with van der Waals surface area (Å²) in [4.78, 5) is 24.8. The molecule has 0 aliphatic carbocycles. The molecule has 2 aliphatic rings. The van der Waals surface area contributed by atoms with Crippen LogP contribution in [0.3, 0.4) is 0 Å². The van der Waals surface area contributed by atoms with Crippen LogP contribution in [0.15, 0.2) is 0 Å². The summed E-state index contributed by atoms with van der Waals surface area (Å²) in [7, 11) is 0. The molecule has 2 aliphatic heterocycles. The fourth-order valence-corrected chi connectivity index (χ4v) is 2.59. The molecule has 6 heteroatoms. The summed E-state index contributed by atoms with van der Waals surface area (Å²) in [6, 6.07) is 0. The van der Waals surface area contributed by atoms with Gasteiger partial charge in [0, 0.05) is 19.6 Å². The number of morpholine rings is 1. The van der Waals surface area contributed by atoms with Crippen molar-refractivity contribution in [3.8, 4) is 0 Å². The highest BCUT2D eigenvalue weighted by atomic mass is 16.6. The van der Waals surface area contributed by atoms with E-state index in [9.17, 15) is 9.59 Å². The van der Waals surface area contributed by atoms with Gasteiger partial charge in [0.05, 0.1) is 6.10 Å². The molecule has 0 aromatic carbocycles. The number of rotatable bonds is 1. The first kappa shape index (κ1) is 15.1. The predicted molar refractivity (Wildman–Crippen MR) is 73.3 cm³/mol. The second kappa shape index (κ2) is 5.99. The lowest BCUT2D eigenvalue weighted by Gasteiger charge is -2.37. The fraction of sp³-hybridized carbons (Fsp3) is 0.857. The lowest BCUT2D eigenvalue weighted by Crippen LogP contribution is -2.50. The maximum Gasteiger partial charge on any atom is 0.410 e. The molecular weight excluding hydrogens is 260 g/mol. The summed E-state index contributed by atoms with van der Waals surface area (Å²) in [5.41, 5.74) is -0.454. The highest BCUT2D eigenvalue weighted by Gasteiger charge is 2.32. The predicted octanol–water partition coefficient (Wildman–Crippen LogP) is 1.15. The number of amides is 2. The zero-order valence-electron chi connectivity index (χ0n) is 12.5. The molecule has 114 valence electrons. The van der Waals surface area contributed by atoms with Crippen LogP contribution >= 0.6 is 0 Å². The van der Waals surface area contributed by atoms with Crippen LogP contribution in [0, 0.1) is 5.92 Å². The molecule has 0 bridgehead atoms. The first-order valence-electron chi connectivity index (χ1n) is 7.21. The van der Waals surface area contributed by atoms with Crippen molar-refractivity contribution in [2.24, 2.45) is 5.92 Å². The topological polar surface area (TPSA) is 67.9 Å². The van der Waals surface area contributed by atoms with E-state index in [-0.39, 0.29) is 24.7 Å². The van der Waals surface area contributed by atoms with Crippen molar-refractivity contribution < 1.29 is 19.1 Å². The zero-order chi connectivity index (χ0) is 14.8. The van der Waals surface area contributed by atoms with Crippen LogP contribution in [0.5, 0.6) is 0 Å². The quantitative estimate of drug-likeness (QED) is 0.784. The van der Waals surface area contributed by atoms with Crippen molar-refractivity contribution in [3.63, 3.8) is 0 Å². The maximum atomic E-state index is 12.0. The Labute approximate surface area is 119 Å². The molecule has 1 N–H and O–H groups in total. The minimum absolute atomic E-state index is 0.0487. The summed E-state index contributed by atoms with van der Waals surface area (Å²) >= 11 is 0. The average Bonchev–Trinajstić information content (AvgIpc) is 2.38. The van der Waals surface area contributed by atoms with E-state index in [0.29, 0.717) is 25.6 Å². The van der Waals surface area contributed by atoms with Gasteiger partial charge in [0.15, 0.2) is 0 Å². The summed E-state index contributed by atoms with van der Waals surface area (Å²) in [5, 5.41) is 2.83. The number of nitrogens with zero attached hydrogens (tertiary/aromatic N) is 1. The van der Waals surface area contributed by atoms with Gasteiger partial charge in [0.25, 0.3) is 0 Å². The molecule has 6 nitrogen and oxygen atoms in total. The number of hydrogen-bond donors (Lipinski definition) is 1. The molecule has 2 heterocycles. The van der Waals surface area contributed by atoms with E-state index in [1.165, 1.54) is 0 Å². The van der Waals surface area contributed by atoms with Gasteiger partial charge in [-0.3, -0.25) is 4.79 Å². The third-order valence-corrected chi connectivity index (χ3v) is 3.65. The third kappa shape index (κ3) is 4.10. The van der Waals surface area contributed by atoms with Crippen LogP contribution in [0.25, 0.3) is 0 Å². The number of ether oxygens (including phenoxy) is 2. The maximum absolute atomic E-state index is 12.0. The Bertz CT molecular complexity index is 360. The summed E-state index contributed by atoms with van der Waals surface area (Å²) in [6.45, 7) is 7.72. The monoisotopic (exact) mass is 284 g/mol. The van der Waals surface area contributed by atoms with Crippen LogP contribution in [0.1, 0.15) is 33.6 Å². The smallest absolute Gasteiger partial charge is 0.410 e. The van der Waals surface area contributed by atoms with Gasteiger partial charge in [-0.15, -0.1) is 0 Å². The molecule has 2 amide bonds. The molecule has 2 rings (SSSR count). The van der Waals surface area contributed by atoms with Gasteiger partial charge in [0.2, 0.25) is 5.91 Å². The SMILES string of the molecule is CC(C)(C)OC(=O)N1CCC(C2CNC(=O)CO2)CC1. The Morgan fingerprint density at radius 2 is 2.00 bits per heavy atom. The fourth-order valence-electron chi connectivity index (χ4n) is 2.59. The molecule has 0 radical (unpaired) electrons. The minimum Gasteiger partial charge on any atom is -0.444 e. The van der Waals surface area contributed by atoms with E-state index in [1.807, 2.05) is 20.8 Å². The van der Waals surface area contributed by atoms with Crippen LogP contribution < -0.4 is 5.32 Å². The van der Waals surface area contributed by atoms with Crippen molar-refractivity contribution in [2.45, 2.75) is 45.3 Å². The number of nitrogens with one attached hydrogen (secondary N) is 1. The van der Waals surface area contributed by atoms with Gasteiger partial charge in [0.1, 0.15) is 12.2 Å². The number of carbonyl (C=O) groups excluding carboxylic acids is 2. The van der Waals surface area contributed by atoms with E-state index in [4.69, 9.17) is 9.47 Å². The Hall–Kier alpha value is -1.30. The Morgan fingerprint density at radius 3 is 2.50 bits per heavy atom. The average molecular weight is 284 g/mol. The molecule has 0 spiro atoms. The van der Waals surface area contributed by atoms with Gasteiger partial charge < -0.3 is 19.7 Å². The first-order chi connectivity index (χ1) is 9.35. The number of likely N-dealkylation sites (tertiary alicyclic amines) is 1.